The predicted octanol–water partition coefficient (Wildman–Crippen LogP) is 2.44. The number of methoxy groups -OCH3 is 1. The Morgan fingerprint density at radius 3 is 2.71 bits per heavy atom. The maximum atomic E-state index is 10.8. The van der Waals surface area contributed by atoms with Gasteiger partial charge in [-0.3, -0.25) is 0 Å². The Hall–Kier alpha value is -0.620. The highest BCUT2D eigenvalue weighted by atomic mass is 127. The van der Waals surface area contributed by atoms with E-state index in [-0.39, 0.29) is 0 Å². The van der Waals surface area contributed by atoms with Crippen LogP contribution < -0.4 is 0 Å². The molecule has 0 unspecified atom stereocenters. The van der Waals surface area contributed by atoms with Crippen LogP contribution in [0.3, 0.4) is 0 Å². The van der Waals surface area contributed by atoms with Crippen LogP contribution in [0.15, 0.2) is 12.1 Å². The summed E-state index contributed by atoms with van der Waals surface area (Å²) in [4.78, 5) is 10.8. The third-order valence-electron chi connectivity index (χ3n) is 2.00. The number of aromatic carboxylic acids is 1. The lowest BCUT2D eigenvalue weighted by Gasteiger charge is -2.08. The van der Waals surface area contributed by atoms with Crippen LogP contribution in [0.2, 0.25) is 0 Å². The first-order valence-electron chi connectivity index (χ1n) is 4.08. The van der Waals surface area contributed by atoms with Gasteiger partial charge in [-0.05, 0) is 46.7 Å². The van der Waals surface area contributed by atoms with Gasteiger partial charge in [-0.1, -0.05) is 6.07 Å². The smallest absolute Gasteiger partial charge is 0.335 e. The van der Waals surface area contributed by atoms with E-state index in [4.69, 9.17) is 9.84 Å². The quantitative estimate of drug-likeness (QED) is 0.873. The summed E-state index contributed by atoms with van der Waals surface area (Å²) in [5.74, 6) is -0.885. The van der Waals surface area contributed by atoms with Gasteiger partial charge in [0.2, 0.25) is 0 Å². The average molecular weight is 306 g/mol. The van der Waals surface area contributed by atoms with Crippen molar-refractivity contribution >= 4 is 28.6 Å². The monoisotopic (exact) mass is 306 g/mol. The van der Waals surface area contributed by atoms with Gasteiger partial charge in [-0.15, -0.1) is 0 Å². The average Bonchev–Trinajstić information content (AvgIpc) is 2.13. The van der Waals surface area contributed by atoms with E-state index < -0.39 is 5.97 Å². The lowest BCUT2D eigenvalue weighted by molar-refractivity contribution is 0.0696. The molecule has 1 rings (SSSR count). The Morgan fingerprint density at radius 2 is 2.21 bits per heavy atom. The van der Waals surface area contributed by atoms with Crippen molar-refractivity contribution in [2.45, 2.75) is 13.5 Å². The molecule has 1 N–H and O–H groups in total. The standard InChI is InChI=1S/C10H11IO3/c1-6-8(10(12)13)4-3-7(5-14-2)9(6)11/h3-4H,5H2,1-2H3,(H,12,13). The summed E-state index contributed by atoms with van der Waals surface area (Å²) in [7, 11) is 1.62. The molecule has 1 aromatic rings. The van der Waals surface area contributed by atoms with E-state index in [0.29, 0.717) is 12.2 Å². The summed E-state index contributed by atoms with van der Waals surface area (Å²) < 4.78 is 5.97. The van der Waals surface area contributed by atoms with Gasteiger partial charge in [0.15, 0.2) is 0 Å². The molecule has 3 nitrogen and oxygen atoms in total. The second-order valence-electron chi connectivity index (χ2n) is 2.95. The molecule has 0 spiro atoms. The molecule has 0 saturated carbocycles. The summed E-state index contributed by atoms with van der Waals surface area (Å²) in [6.07, 6.45) is 0. The third-order valence-corrected chi connectivity index (χ3v) is 3.50. The third kappa shape index (κ3) is 2.24. The fraction of sp³-hybridized carbons (Fsp3) is 0.300. The van der Waals surface area contributed by atoms with E-state index in [1.807, 2.05) is 6.92 Å². The van der Waals surface area contributed by atoms with E-state index >= 15 is 0 Å². The minimum Gasteiger partial charge on any atom is -0.478 e. The van der Waals surface area contributed by atoms with Gasteiger partial charge in [0.05, 0.1) is 12.2 Å². The van der Waals surface area contributed by atoms with E-state index in [9.17, 15) is 4.79 Å². The topological polar surface area (TPSA) is 46.5 Å². The molecule has 0 atom stereocenters. The molecule has 0 aliphatic heterocycles. The van der Waals surface area contributed by atoms with Crippen molar-refractivity contribution in [2.24, 2.45) is 0 Å². The molecule has 0 saturated heterocycles. The van der Waals surface area contributed by atoms with Gasteiger partial charge >= 0.3 is 5.97 Å². The number of carboxylic acids is 1. The minimum absolute atomic E-state index is 0.356. The summed E-state index contributed by atoms with van der Waals surface area (Å²) in [5.41, 5.74) is 2.18. The largest absolute Gasteiger partial charge is 0.478 e. The highest BCUT2D eigenvalue weighted by molar-refractivity contribution is 14.1. The van der Waals surface area contributed by atoms with Crippen LogP contribution in [0.25, 0.3) is 0 Å². The van der Waals surface area contributed by atoms with E-state index in [0.717, 1.165) is 14.7 Å². The highest BCUT2D eigenvalue weighted by Crippen LogP contribution is 2.21. The molecule has 0 aliphatic carbocycles. The van der Waals surface area contributed by atoms with E-state index in [1.165, 1.54) is 0 Å². The van der Waals surface area contributed by atoms with Crippen molar-refractivity contribution in [3.8, 4) is 0 Å². The lowest BCUT2D eigenvalue weighted by atomic mass is 10.1. The second kappa shape index (κ2) is 4.75. The number of hydrogen-bond acceptors (Lipinski definition) is 2. The van der Waals surface area contributed by atoms with Crippen molar-refractivity contribution in [3.63, 3.8) is 0 Å². The van der Waals surface area contributed by atoms with Crippen molar-refractivity contribution in [2.75, 3.05) is 7.11 Å². The normalized spacial score (nSPS) is 10.2. The van der Waals surface area contributed by atoms with Crippen molar-refractivity contribution in [3.05, 3.63) is 32.4 Å². The van der Waals surface area contributed by atoms with Crippen LogP contribution in [0.4, 0.5) is 0 Å². The zero-order valence-electron chi connectivity index (χ0n) is 8.00. The summed E-state index contributed by atoms with van der Waals surface area (Å²) in [6.45, 7) is 2.32. The van der Waals surface area contributed by atoms with Crippen LogP contribution in [-0.4, -0.2) is 18.2 Å². The first-order valence-corrected chi connectivity index (χ1v) is 5.16. The Labute approximate surface area is 96.2 Å². The van der Waals surface area contributed by atoms with Gasteiger partial charge in [-0.2, -0.15) is 0 Å². The Balaban J connectivity index is 3.19. The summed E-state index contributed by atoms with van der Waals surface area (Å²) >= 11 is 2.14. The van der Waals surface area contributed by atoms with E-state index in [2.05, 4.69) is 22.6 Å². The number of ether oxygens (including phenoxy) is 1. The predicted molar refractivity (Wildman–Crippen MR) is 61.6 cm³/mol. The lowest BCUT2D eigenvalue weighted by Crippen LogP contribution is -2.04. The second-order valence-corrected chi connectivity index (χ2v) is 4.03. The maximum Gasteiger partial charge on any atom is 0.335 e. The number of carboxylic acid groups (broad SMARTS) is 1. The molecule has 0 bridgehead atoms. The maximum absolute atomic E-state index is 10.8. The number of halogens is 1. The highest BCUT2D eigenvalue weighted by Gasteiger charge is 2.11. The fourth-order valence-electron chi connectivity index (χ4n) is 1.24. The van der Waals surface area contributed by atoms with Gasteiger partial charge in [0.25, 0.3) is 0 Å². The molecular weight excluding hydrogens is 295 g/mol. The molecule has 4 heteroatoms. The van der Waals surface area contributed by atoms with Crippen LogP contribution in [0.1, 0.15) is 21.5 Å². The minimum atomic E-state index is -0.885. The molecule has 0 amide bonds. The van der Waals surface area contributed by atoms with Crippen molar-refractivity contribution < 1.29 is 14.6 Å². The molecule has 14 heavy (non-hydrogen) atoms. The number of carbonyl (C=O) groups is 1. The van der Waals surface area contributed by atoms with Gasteiger partial charge in [0, 0.05) is 10.7 Å². The molecule has 0 fully saturated rings. The SMILES string of the molecule is COCc1ccc(C(=O)O)c(C)c1I. The van der Waals surface area contributed by atoms with Crippen LogP contribution in [0, 0.1) is 10.5 Å². The Kier molecular flexibility index (Phi) is 3.88. The van der Waals surface area contributed by atoms with E-state index in [1.54, 1.807) is 19.2 Å². The number of hydrogen-bond donors (Lipinski definition) is 1. The molecule has 76 valence electrons. The van der Waals surface area contributed by atoms with Crippen LogP contribution in [0.5, 0.6) is 0 Å². The number of rotatable bonds is 3. The van der Waals surface area contributed by atoms with Crippen molar-refractivity contribution in [1.29, 1.82) is 0 Å². The first-order chi connectivity index (χ1) is 6.57. The van der Waals surface area contributed by atoms with Gasteiger partial charge in [0.1, 0.15) is 0 Å². The zero-order valence-corrected chi connectivity index (χ0v) is 10.2. The first kappa shape index (κ1) is 11.5. The Bertz CT molecular complexity index is 361. The molecular formula is C10H11IO3. The molecule has 0 heterocycles. The van der Waals surface area contributed by atoms with Crippen LogP contribution in [-0.2, 0) is 11.3 Å². The number of benzene rings is 1. The van der Waals surface area contributed by atoms with Gasteiger partial charge < -0.3 is 9.84 Å². The molecule has 0 aromatic heterocycles. The Morgan fingerprint density at radius 1 is 1.57 bits per heavy atom. The molecule has 0 radical (unpaired) electrons. The molecule has 1 aromatic carbocycles. The van der Waals surface area contributed by atoms with Gasteiger partial charge in [-0.25, -0.2) is 4.79 Å². The zero-order chi connectivity index (χ0) is 10.7. The fourth-order valence-corrected chi connectivity index (χ4v) is 1.87. The van der Waals surface area contributed by atoms with Crippen LogP contribution >= 0.6 is 22.6 Å². The molecule has 0 aliphatic rings. The summed E-state index contributed by atoms with van der Waals surface area (Å²) in [6, 6.07) is 3.41. The van der Waals surface area contributed by atoms with Crippen molar-refractivity contribution in [1.82, 2.24) is 0 Å². The summed E-state index contributed by atoms with van der Waals surface area (Å²) in [5, 5.41) is 8.88.